The zero-order valence-electron chi connectivity index (χ0n) is 30.8. The van der Waals surface area contributed by atoms with Gasteiger partial charge in [0.2, 0.25) is 23.6 Å². The van der Waals surface area contributed by atoms with Gasteiger partial charge in [0, 0.05) is 63.6 Å². The van der Waals surface area contributed by atoms with Gasteiger partial charge in [-0.1, -0.05) is 66.7 Å². The predicted octanol–water partition coefficient (Wildman–Crippen LogP) is 1.20. The van der Waals surface area contributed by atoms with Crippen LogP contribution in [0.15, 0.2) is 36.5 Å². The van der Waals surface area contributed by atoms with E-state index in [2.05, 4.69) is 17.1 Å². The van der Waals surface area contributed by atoms with Gasteiger partial charge in [-0.05, 0) is 31.8 Å². The topological polar surface area (TPSA) is 148 Å². The number of piperazine rings is 3. The summed E-state index contributed by atoms with van der Waals surface area (Å²) >= 11 is 0. The van der Waals surface area contributed by atoms with Crippen LogP contribution in [0, 0.1) is 17.8 Å². The van der Waals surface area contributed by atoms with E-state index in [0.717, 1.165) is 32.7 Å². The Kier molecular flexibility index (Phi) is 20.1. The third kappa shape index (κ3) is 18.0. The normalized spacial score (nSPS) is 18.4. The lowest BCUT2D eigenvalue weighted by Gasteiger charge is -2.32. The van der Waals surface area contributed by atoms with Crippen LogP contribution in [0.5, 0.6) is 0 Å². The molecule has 13 heteroatoms. The molecule has 3 saturated heterocycles. The summed E-state index contributed by atoms with van der Waals surface area (Å²) in [6.07, 6.45) is 9.93. The second kappa shape index (κ2) is 22.8. The van der Waals surface area contributed by atoms with E-state index in [1.807, 2.05) is 53.5 Å². The highest BCUT2D eigenvalue weighted by Crippen LogP contribution is 2.04. The molecule has 3 fully saturated rings. The highest BCUT2D eigenvalue weighted by molar-refractivity contribution is 5.99. The van der Waals surface area contributed by atoms with Crippen molar-refractivity contribution in [2.45, 2.75) is 48.5 Å². The zero-order chi connectivity index (χ0) is 37.1. The Hall–Kier alpha value is -3.81. The summed E-state index contributed by atoms with van der Waals surface area (Å²) in [4.78, 5) is 88.7. The molecule has 0 atom stereocenters. The van der Waals surface area contributed by atoms with Crippen LogP contribution in [0.2, 0.25) is 0 Å². The van der Waals surface area contributed by atoms with Gasteiger partial charge in [0.15, 0.2) is 17.3 Å². The summed E-state index contributed by atoms with van der Waals surface area (Å²) in [6.45, 7) is 20.4. The number of carbonyl (C=O) groups is 7. The van der Waals surface area contributed by atoms with Gasteiger partial charge in [-0.3, -0.25) is 53.6 Å². The fourth-order valence-corrected chi connectivity index (χ4v) is 4.55. The summed E-state index contributed by atoms with van der Waals surface area (Å²) in [5.74, 6) is 0.00897. The Morgan fingerprint density at radius 3 is 1.39 bits per heavy atom. The second-order valence-electron chi connectivity index (χ2n) is 13.3. The molecule has 0 saturated carbocycles. The second-order valence-corrected chi connectivity index (χ2v) is 13.3. The van der Waals surface area contributed by atoms with Gasteiger partial charge in [0.05, 0.1) is 26.2 Å². The van der Waals surface area contributed by atoms with Crippen molar-refractivity contribution in [2.24, 2.45) is 17.8 Å². The molecule has 3 aliphatic rings. The van der Waals surface area contributed by atoms with Crippen LogP contribution in [-0.2, 0) is 33.6 Å². The van der Waals surface area contributed by atoms with Crippen molar-refractivity contribution in [3.8, 4) is 0 Å². The van der Waals surface area contributed by atoms with Gasteiger partial charge < -0.3 is 9.80 Å². The van der Waals surface area contributed by atoms with Crippen LogP contribution >= 0.6 is 0 Å². The molecule has 0 bridgehead atoms. The maximum absolute atomic E-state index is 11.7. The number of nitrogens with one attached hydrogen (secondary N) is 1. The lowest BCUT2D eigenvalue weighted by Crippen LogP contribution is -2.51. The van der Waals surface area contributed by atoms with Gasteiger partial charge in [-0.15, -0.1) is 0 Å². The minimum Gasteiger partial charge on any atom is -0.337 e. The fraction of sp³-hybridized carbons (Fsp3) is 0.639. The van der Waals surface area contributed by atoms with Crippen LogP contribution in [-0.4, -0.2) is 151 Å². The van der Waals surface area contributed by atoms with Gasteiger partial charge in [0.25, 0.3) is 0 Å². The minimum absolute atomic E-state index is 0.0254. The van der Waals surface area contributed by atoms with Crippen molar-refractivity contribution in [3.05, 3.63) is 36.5 Å². The summed E-state index contributed by atoms with van der Waals surface area (Å²) < 4.78 is 0. The Labute approximate surface area is 292 Å². The van der Waals surface area contributed by atoms with Crippen LogP contribution in [0.25, 0.3) is 0 Å². The molecule has 3 heterocycles. The molecule has 3 rings (SSSR count). The number of nitrogens with zero attached hydrogens (tertiary/aromatic N) is 5. The Balaban J connectivity index is 0.000000368. The minimum atomic E-state index is -0.292. The van der Waals surface area contributed by atoms with Gasteiger partial charge >= 0.3 is 0 Å². The van der Waals surface area contributed by atoms with E-state index in [1.165, 1.54) is 6.08 Å². The average molecular weight is 687 g/mol. The maximum atomic E-state index is 11.7. The highest BCUT2D eigenvalue weighted by Gasteiger charge is 2.23. The number of ketones is 3. The van der Waals surface area contributed by atoms with Crippen molar-refractivity contribution >= 4 is 41.0 Å². The highest BCUT2D eigenvalue weighted by atomic mass is 16.2. The smallest absolute Gasteiger partial charge is 0.240 e. The van der Waals surface area contributed by atoms with E-state index in [1.54, 1.807) is 45.1 Å². The van der Waals surface area contributed by atoms with Crippen molar-refractivity contribution in [1.82, 2.24) is 29.8 Å². The van der Waals surface area contributed by atoms with Crippen LogP contribution in [0.1, 0.15) is 48.5 Å². The first-order valence-corrected chi connectivity index (χ1v) is 17.2. The molecule has 13 nitrogen and oxygen atoms in total. The first-order chi connectivity index (χ1) is 23.0. The fourth-order valence-electron chi connectivity index (χ4n) is 4.55. The Morgan fingerprint density at radius 2 is 1.00 bits per heavy atom. The molecule has 0 radical (unpaired) electrons. The number of hydrogen-bond donors (Lipinski definition) is 1. The van der Waals surface area contributed by atoms with E-state index in [4.69, 9.17) is 0 Å². The molecule has 4 amide bonds. The largest absolute Gasteiger partial charge is 0.337 e. The molecule has 0 aromatic heterocycles. The van der Waals surface area contributed by atoms with Crippen molar-refractivity contribution in [3.63, 3.8) is 0 Å². The number of carbonyl (C=O) groups excluding carboxylic acids is 7. The number of likely N-dealkylation sites (N-methyl/N-ethyl adjacent to an activating group) is 2. The number of rotatable bonds is 13. The lowest BCUT2D eigenvalue weighted by molar-refractivity contribution is -0.136. The number of allylic oxidation sites excluding steroid dienone is 3. The Bertz CT molecular complexity index is 1220. The number of amides is 4. The SMILES string of the molecule is CC(C)C(=O)/C=C/CN1CC(=O)NC(=O)C1.CC(C)C(=O)/C=C/CN1CCN(C)CC1=O.CCN1CCN(C/C=C/C(=O)C(C)C)C(=O)C1. The summed E-state index contributed by atoms with van der Waals surface area (Å²) in [7, 11) is 1.94. The first-order valence-electron chi connectivity index (χ1n) is 17.2. The van der Waals surface area contributed by atoms with Gasteiger partial charge in [0.1, 0.15) is 0 Å². The molecule has 0 aliphatic carbocycles. The maximum Gasteiger partial charge on any atom is 0.240 e. The molecule has 0 aromatic carbocycles. The molecule has 3 aliphatic heterocycles. The predicted molar refractivity (Wildman–Crippen MR) is 189 cm³/mol. The molecule has 49 heavy (non-hydrogen) atoms. The number of hydrogen-bond acceptors (Lipinski definition) is 10. The monoisotopic (exact) mass is 686 g/mol. The van der Waals surface area contributed by atoms with Gasteiger partial charge in [-0.2, -0.15) is 0 Å². The van der Waals surface area contributed by atoms with Crippen LogP contribution in [0.4, 0.5) is 0 Å². The molecular formula is C36H58N6O7. The summed E-state index contributed by atoms with van der Waals surface area (Å²) in [6, 6.07) is 0. The van der Waals surface area contributed by atoms with E-state index < -0.39 is 0 Å². The van der Waals surface area contributed by atoms with E-state index in [9.17, 15) is 33.6 Å². The van der Waals surface area contributed by atoms with E-state index in [-0.39, 0.29) is 71.8 Å². The molecule has 1 N–H and O–H groups in total. The average Bonchev–Trinajstić information content (AvgIpc) is 3.02. The zero-order valence-corrected chi connectivity index (χ0v) is 30.8. The molecule has 0 spiro atoms. The standard InChI is InChI=1S/C13H22N2O2.C12H20N2O2.C11H16N2O3/c1-4-14-8-9-15(13(17)10-14)7-5-6-12(16)11(2)3;1-10(2)11(15)5-4-6-14-8-7-13(3)9-12(14)16;1-8(2)9(14)4-3-5-13-6-10(15)12-11(16)7-13/h5-6,11H,4,7-10H2,1-3H3;4-5,10H,6-9H2,1-3H3;3-4,8H,5-7H2,1-2H3,(H,12,15,16)/b6-5+;5-4+;4-3+. The van der Waals surface area contributed by atoms with Crippen molar-refractivity contribution in [2.75, 3.05) is 85.6 Å². The molecular weight excluding hydrogens is 628 g/mol. The summed E-state index contributed by atoms with van der Waals surface area (Å²) in [5.41, 5.74) is 0. The van der Waals surface area contributed by atoms with E-state index in [0.29, 0.717) is 32.7 Å². The quantitative estimate of drug-likeness (QED) is 0.222. The lowest BCUT2D eigenvalue weighted by atomic mass is 10.1. The van der Waals surface area contributed by atoms with Crippen molar-refractivity contribution < 1.29 is 33.6 Å². The van der Waals surface area contributed by atoms with E-state index >= 15 is 0 Å². The van der Waals surface area contributed by atoms with Crippen LogP contribution in [0.3, 0.4) is 0 Å². The molecule has 0 unspecified atom stereocenters. The van der Waals surface area contributed by atoms with Crippen LogP contribution < -0.4 is 5.32 Å². The first kappa shape index (κ1) is 43.2. The Morgan fingerprint density at radius 1 is 0.592 bits per heavy atom. The van der Waals surface area contributed by atoms with Gasteiger partial charge in [-0.25, -0.2) is 0 Å². The number of imide groups is 1. The van der Waals surface area contributed by atoms with Crippen molar-refractivity contribution in [1.29, 1.82) is 0 Å². The third-order valence-corrected chi connectivity index (χ3v) is 7.94. The third-order valence-electron chi connectivity index (χ3n) is 7.94. The molecule has 274 valence electrons. The summed E-state index contributed by atoms with van der Waals surface area (Å²) in [5, 5.41) is 2.22. The molecule has 0 aromatic rings.